The molecular formula is C11H15NOS. The summed E-state index contributed by atoms with van der Waals surface area (Å²) in [6, 6.07) is 1.91. The van der Waals surface area contributed by atoms with Gasteiger partial charge in [0.1, 0.15) is 0 Å². The summed E-state index contributed by atoms with van der Waals surface area (Å²) in [7, 11) is 0. The van der Waals surface area contributed by atoms with Crippen LogP contribution in [-0.4, -0.2) is 23.9 Å². The average Bonchev–Trinajstić information content (AvgIpc) is 2.59. The van der Waals surface area contributed by atoms with Gasteiger partial charge in [0.2, 0.25) is 0 Å². The van der Waals surface area contributed by atoms with Gasteiger partial charge in [-0.25, -0.2) is 0 Å². The fourth-order valence-electron chi connectivity index (χ4n) is 1.84. The van der Waals surface area contributed by atoms with Crippen molar-refractivity contribution in [2.24, 2.45) is 0 Å². The lowest BCUT2D eigenvalue weighted by Crippen LogP contribution is -2.31. The SMILES string of the molecule is O=C(c1ccsc1)N1CCCCCC1. The second kappa shape index (κ2) is 4.60. The summed E-state index contributed by atoms with van der Waals surface area (Å²) in [5.41, 5.74) is 0.858. The number of nitrogens with zero attached hydrogens (tertiary/aromatic N) is 1. The zero-order chi connectivity index (χ0) is 9.80. The molecule has 0 unspecified atom stereocenters. The van der Waals surface area contributed by atoms with Crippen molar-refractivity contribution in [1.29, 1.82) is 0 Å². The molecule has 2 heterocycles. The number of carbonyl (C=O) groups excluding carboxylic acids is 1. The van der Waals surface area contributed by atoms with Crippen molar-refractivity contribution >= 4 is 17.2 Å². The minimum Gasteiger partial charge on any atom is -0.339 e. The second-order valence-electron chi connectivity index (χ2n) is 3.72. The van der Waals surface area contributed by atoms with Crippen molar-refractivity contribution in [3.8, 4) is 0 Å². The van der Waals surface area contributed by atoms with E-state index in [1.54, 1.807) is 11.3 Å². The van der Waals surface area contributed by atoms with Crippen molar-refractivity contribution < 1.29 is 4.79 Å². The maximum atomic E-state index is 11.9. The predicted octanol–water partition coefficient (Wildman–Crippen LogP) is 2.76. The lowest BCUT2D eigenvalue weighted by Gasteiger charge is -2.19. The number of hydrogen-bond donors (Lipinski definition) is 0. The van der Waals surface area contributed by atoms with E-state index in [9.17, 15) is 4.79 Å². The normalized spacial score (nSPS) is 17.9. The molecule has 0 saturated carbocycles. The smallest absolute Gasteiger partial charge is 0.254 e. The van der Waals surface area contributed by atoms with Crippen molar-refractivity contribution in [1.82, 2.24) is 4.90 Å². The Balaban J connectivity index is 2.03. The Bertz CT molecular complexity index is 286. The molecule has 1 aromatic heterocycles. The monoisotopic (exact) mass is 209 g/mol. The van der Waals surface area contributed by atoms with E-state index in [4.69, 9.17) is 0 Å². The molecule has 0 aliphatic carbocycles. The van der Waals surface area contributed by atoms with Crippen LogP contribution in [0.25, 0.3) is 0 Å². The van der Waals surface area contributed by atoms with Crippen LogP contribution in [0.4, 0.5) is 0 Å². The molecule has 0 aromatic carbocycles. The van der Waals surface area contributed by atoms with Crippen LogP contribution >= 0.6 is 11.3 Å². The third kappa shape index (κ3) is 2.15. The zero-order valence-corrected chi connectivity index (χ0v) is 9.05. The lowest BCUT2D eigenvalue weighted by atomic mass is 10.2. The molecule has 3 heteroatoms. The highest BCUT2D eigenvalue weighted by Crippen LogP contribution is 2.14. The van der Waals surface area contributed by atoms with Crippen LogP contribution in [0.3, 0.4) is 0 Å². The zero-order valence-electron chi connectivity index (χ0n) is 8.24. The average molecular weight is 209 g/mol. The van der Waals surface area contributed by atoms with E-state index >= 15 is 0 Å². The number of hydrogen-bond acceptors (Lipinski definition) is 2. The summed E-state index contributed by atoms with van der Waals surface area (Å²) in [5.74, 6) is 0.216. The van der Waals surface area contributed by atoms with Gasteiger partial charge in [0.05, 0.1) is 5.56 Å². The lowest BCUT2D eigenvalue weighted by molar-refractivity contribution is 0.0762. The van der Waals surface area contributed by atoms with E-state index < -0.39 is 0 Å². The topological polar surface area (TPSA) is 20.3 Å². The summed E-state index contributed by atoms with van der Waals surface area (Å²) in [6.07, 6.45) is 4.87. The highest BCUT2D eigenvalue weighted by molar-refractivity contribution is 7.08. The van der Waals surface area contributed by atoms with E-state index in [0.717, 1.165) is 31.5 Å². The molecule has 0 bridgehead atoms. The maximum absolute atomic E-state index is 11.9. The number of amides is 1. The Hall–Kier alpha value is -0.830. The van der Waals surface area contributed by atoms with Crippen LogP contribution in [0, 0.1) is 0 Å². The summed E-state index contributed by atoms with van der Waals surface area (Å²) >= 11 is 1.59. The largest absolute Gasteiger partial charge is 0.339 e. The molecule has 0 radical (unpaired) electrons. The summed E-state index contributed by atoms with van der Waals surface area (Å²) in [6.45, 7) is 1.88. The van der Waals surface area contributed by atoms with Gasteiger partial charge in [-0.2, -0.15) is 11.3 Å². The molecule has 2 rings (SSSR count). The van der Waals surface area contributed by atoms with Crippen molar-refractivity contribution in [3.05, 3.63) is 22.4 Å². The third-order valence-electron chi connectivity index (χ3n) is 2.66. The Labute approximate surface area is 88.5 Å². The highest BCUT2D eigenvalue weighted by atomic mass is 32.1. The van der Waals surface area contributed by atoms with Gasteiger partial charge in [0.25, 0.3) is 5.91 Å². The summed E-state index contributed by atoms with van der Waals surface area (Å²) in [4.78, 5) is 13.9. The van der Waals surface area contributed by atoms with Gasteiger partial charge in [-0.3, -0.25) is 4.79 Å². The van der Waals surface area contributed by atoms with Crippen molar-refractivity contribution in [2.75, 3.05) is 13.1 Å². The molecule has 1 aliphatic rings. The highest BCUT2D eigenvalue weighted by Gasteiger charge is 2.16. The molecule has 0 spiro atoms. The number of rotatable bonds is 1. The molecular weight excluding hydrogens is 194 g/mol. The van der Waals surface area contributed by atoms with E-state index in [-0.39, 0.29) is 5.91 Å². The van der Waals surface area contributed by atoms with E-state index in [1.807, 2.05) is 21.7 Å². The number of carbonyl (C=O) groups is 1. The number of thiophene rings is 1. The van der Waals surface area contributed by atoms with Crippen molar-refractivity contribution in [3.63, 3.8) is 0 Å². The molecule has 0 atom stereocenters. The first kappa shape index (κ1) is 9.71. The van der Waals surface area contributed by atoms with Gasteiger partial charge in [0.15, 0.2) is 0 Å². The first-order chi connectivity index (χ1) is 6.88. The molecule has 76 valence electrons. The minimum atomic E-state index is 0.216. The Morgan fingerprint density at radius 1 is 1.21 bits per heavy atom. The van der Waals surface area contributed by atoms with Crippen LogP contribution in [0.1, 0.15) is 36.0 Å². The first-order valence-electron chi connectivity index (χ1n) is 5.19. The van der Waals surface area contributed by atoms with Crippen LogP contribution in [0.2, 0.25) is 0 Å². The second-order valence-corrected chi connectivity index (χ2v) is 4.50. The van der Waals surface area contributed by atoms with Crippen LogP contribution in [0.15, 0.2) is 16.8 Å². The van der Waals surface area contributed by atoms with Gasteiger partial charge >= 0.3 is 0 Å². The number of likely N-dealkylation sites (tertiary alicyclic amines) is 1. The van der Waals surface area contributed by atoms with E-state index in [1.165, 1.54) is 12.8 Å². The molecule has 0 N–H and O–H groups in total. The molecule has 1 amide bonds. The molecule has 1 saturated heterocycles. The molecule has 1 aromatic rings. The fourth-order valence-corrected chi connectivity index (χ4v) is 2.47. The first-order valence-corrected chi connectivity index (χ1v) is 6.14. The van der Waals surface area contributed by atoms with E-state index in [0.29, 0.717) is 0 Å². The minimum absolute atomic E-state index is 0.216. The fraction of sp³-hybridized carbons (Fsp3) is 0.545. The Morgan fingerprint density at radius 3 is 2.50 bits per heavy atom. The summed E-state index contributed by atoms with van der Waals surface area (Å²) in [5, 5.41) is 3.90. The van der Waals surface area contributed by atoms with Gasteiger partial charge in [-0.05, 0) is 24.3 Å². The van der Waals surface area contributed by atoms with Crippen LogP contribution in [-0.2, 0) is 0 Å². The van der Waals surface area contributed by atoms with Crippen LogP contribution in [0.5, 0.6) is 0 Å². The van der Waals surface area contributed by atoms with Crippen molar-refractivity contribution in [2.45, 2.75) is 25.7 Å². The predicted molar refractivity (Wildman–Crippen MR) is 58.7 cm³/mol. The summed E-state index contributed by atoms with van der Waals surface area (Å²) < 4.78 is 0. The van der Waals surface area contributed by atoms with Crippen LogP contribution < -0.4 is 0 Å². The van der Waals surface area contributed by atoms with Gasteiger partial charge in [-0.1, -0.05) is 12.8 Å². The third-order valence-corrected chi connectivity index (χ3v) is 3.34. The van der Waals surface area contributed by atoms with E-state index in [2.05, 4.69) is 0 Å². The quantitative estimate of drug-likeness (QED) is 0.696. The molecule has 2 nitrogen and oxygen atoms in total. The maximum Gasteiger partial charge on any atom is 0.254 e. The van der Waals surface area contributed by atoms with Gasteiger partial charge in [0, 0.05) is 18.5 Å². The molecule has 1 fully saturated rings. The van der Waals surface area contributed by atoms with Gasteiger partial charge < -0.3 is 4.90 Å². The Morgan fingerprint density at radius 2 is 1.93 bits per heavy atom. The van der Waals surface area contributed by atoms with Gasteiger partial charge in [-0.15, -0.1) is 0 Å². The molecule has 1 aliphatic heterocycles. The Kier molecular flexibility index (Phi) is 3.19. The molecule has 14 heavy (non-hydrogen) atoms. The standard InChI is InChI=1S/C11H15NOS/c13-11(10-5-8-14-9-10)12-6-3-1-2-4-7-12/h5,8-9H,1-4,6-7H2.